The maximum absolute atomic E-state index is 5.34. The topological polar surface area (TPSA) is 21.3 Å². The van der Waals surface area contributed by atoms with Crippen LogP contribution in [0.4, 0.5) is 0 Å². The van der Waals surface area contributed by atoms with Crippen LogP contribution >= 0.6 is 0 Å². The van der Waals surface area contributed by atoms with E-state index in [4.69, 9.17) is 4.74 Å². The van der Waals surface area contributed by atoms with Crippen LogP contribution in [-0.2, 0) is 0 Å². The minimum absolute atomic E-state index is 0.696. The zero-order valence-electron chi connectivity index (χ0n) is 15.9. The van der Waals surface area contributed by atoms with Crippen molar-refractivity contribution in [3.63, 3.8) is 0 Å². The van der Waals surface area contributed by atoms with Crippen LogP contribution in [0.2, 0.25) is 0 Å². The van der Waals surface area contributed by atoms with Gasteiger partial charge in [-0.25, -0.2) is 0 Å². The minimum atomic E-state index is 0.696. The standard InChI is InChI=1S/C24H31NO/c1-26-22-9-5-8-21(16-22)19-10-12-20(13-11-19)23-17-24(23)25-15-14-18-6-3-2-4-7-18/h5,8-13,16,18,23-25H,2-4,6-7,14-15,17H2,1H3/t23?,24-/m0/s1. The summed E-state index contributed by atoms with van der Waals surface area (Å²) in [5.74, 6) is 2.60. The zero-order valence-corrected chi connectivity index (χ0v) is 15.9. The molecule has 1 unspecified atom stereocenters. The molecular formula is C24H31NO. The molecule has 2 aromatic carbocycles. The molecule has 4 rings (SSSR count). The fourth-order valence-electron chi connectivity index (χ4n) is 4.46. The van der Waals surface area contributed by atoms with E-state index in [-0.39, 0.29) is 0 Å². The highest BCUT2D eigenvalue weighted by Gasteiger charge is 2.37. The van der Waals surface area contributed by atoms with E-state index in [1.54, 1.807) is 7.11 Å². The monoisotopic (exact) mass is 349 g/mol. The average Bonchev–Trinajstić information content (AvgIpc) is 3.48. The van der Waals surface area contributed by atoms with Gasteiger partial charge in [-0.05, 0) is 54.1 Å². The highest BCUT2D eigenvalue weighted by atomic mass is 16.5. The van der Waals surface area contributed by atoms with E-state index in [2.05, 4.69) is 47.8 Å². The van der Waals surface area contributed by atoms with Crippen LogP contribution in [0.5, 0.6) is 5.75 Å². The summed E-state index contributed by atoms with van der Waals surface area (Å²) in [5.41, 5.74) is 3.95. The van der Waals surface area contributed by atoms with Gasteiger partial charge in [0.1, 0.15) is 5.75 Å². The number of hydrogen-bond acceptors (Lipinski definition) is 2. The second-order valence-corrected chi connectivity index (χ2v) is 8.05. The van der Waals surface area contributed by atoms with E-state index in [1.165, 1.54) is 68.2 Å². The van der Waals surface area contributed by atoms with E-state index < -0.39 is 0 Å². The molecule has 2 heteroatoms. The number of rotatable bonds is 7. The molecule has 2 aliphatic carbocycles. The highest BCUT2D eigenvalue weighted by Crippen LogP contribution is 2.41. The first kappa shape index (κ1) is 17.6. The summed E-state index contributed by atoms with van der Waals surface area (Å²) in [6, 6.07) is 18.1. The Labute approximate surface area is 158 Å². The Balaban J connectivity index is 1.28. The molecule has 0 saturated heterocycles. The van der Waals surface area contributed by atoms with Crippen LogP contribution < -0.4 is 10.1 Å². The summed E-state index contributed by atoms with van der Waals surface area (Å²) in [6.07, 6.45) is 9.96. The van der Waals surface area contributed by atoms with Crippen molar-refractivity contribution in [3.8, 4) is 16.9 Å². The first-order chi connectivity index (χ1) is 12.8. The first-order valence-electron chi connectivity index (χ1n) is 10.3. The molecule has 0 aromatic heterocycles. The van der Waals surface area contributed by atoms with Crippen LogP contribution in [0.3, 0.4) is 0 Å². The summed E-state index contributed by atoms with van der Waals surface area (Å²) in [4.78, 5) is 0. The lowest BCUT2D eigenvalue weighted by Crippen LogP contribution is -2.22. The molecule has 0 radical (unpaired) electrons. The van der Waals surface area contributed by atoms with E-state index in [9.17, 15) is 0 Å². The van der Waals surface area contributed by atoms with Crippen molar-refractivity contribution in [2.75, 3.05) is 13.7 Å². The third-order valence-electron chi connectivity index (χ3n) is 6.22. The number of nitrogens with one attached hydrogen (secondary N) is 1. The van der Waals surface area contributed by atoms with Crippen molar-refractivity contribution in [1.29, 1.82) is 0 Å². The fourth-order valence-corrected chi connectivity index (χ4v) is 4.46. The Kier molecular flexibility index (Phi) is 5.59. The van der Waals surface area contributed by atoms with Crippen LogP contribution in [0.1, 0.15) is 56.4 Å². The van der Waals surface area contributed by atoms with Crippen LogP contribution in [0.25, 0.3) is 11.1 Å². The van der Waals surface area contributed by atoms with Gasteiger partial charge in [-0.2, -0.15) is 0 Å². The van der Waals surface area contributed by atoms with E-state index >= 15 is 0 Å². The lowest BCUT2D eigenvalue weighted by atomic mass is 9.87. The molecule has 0 aliphatic heterocycles. The Hall–Kier alpha value is -1.80. The minimum Gasteiger partial charge on any atom is -0.497 e. The normalized spacial score (nSPS) is 23.0. The second kappa shape index (κ2) is 8.26. The third kappa shape index (κ3) is 4.29. The van der Waals surface area contributed by atoms with Crippen molar-refractivity contribution in [1.82, 2.24) is 5.32 Å². The van der Waals surface area contributed by atoms with Crippen molar-refractivity contribution >= 4 is 0 Å². The second-order valence-electron chi connectivity index (χ2n) is 8.05. The largest absolute Gasteiger partial charge is 0.497 e. The van der Waals surface area contributed by atoms with Crippen LogP contribution in [0.15, 0.2) is 48.5 Å². The van der Waals surface area contributed by atoms with Crippen LogP contribution in [0, 0.1) is 5.92 Å². The Morgan fingerprint density at radius 1 is 0.962 bits per heavy atom. The summed E-state index contributed by atoms with van der Waals surface area (Å²) < 4.78 is 5.34. The number of ether oxygens (including phenoxy) is 1. The van der Waals surface area contributed by atoms with Crippen molar-refractivity contribution in [3.05, 3.63) is 54.1 Å². The van der Waals surface area contributed by atoms with Crippen LogP contribution in [-0.4, -0.2) is 19.7 Å². The molecule has 2 fully saturated rings. The van der Waals surface area contributed by atoms with Gasteiger partial charge < -0.3 is 10.1 Å². The molecule has 2 saturated carbocycles. The van der Waals surface area contributed by atoms with Crippen molar-refractivity contribution < 1.29 is 4.74 Å². The van der Waals surface area contributed by atoms with Gasteiger partial charge in [0.05, 0.1) is 7.11 Å². The molecule has 0 spiro atoms. The molecule has 0 heterocycles. The molecule has 1 N–H and O–H groups in total. The fraction of sp³-hybridized carbons (Fsp3) is 0.500. The summed E-state index contributed by atoms with van der Waals surface area (Å²) >= 11 is 0. The SMILES string of the molecule is COc1cccc(-c2ccc(C3C[C@@H]3NCCC3CCCCC3)cc2)c1. The van der Waals surface area contributed by atoms with Gasteiger partial charge in [-0.1, -0.05) is 68.5 Å². The van der Waals surface area contributed by atoms with E-state index in [0.29, 0.717) is 12.0 Å². The Morgan fingerprint density at radius 2 is 1.77 bits per heavy atom. The molecule has 0 bridgehead atoms. The summed E-state index contributed by atoms with van der Waals surface area (Å²) in [7, 11) is 1.72. The van der Waals surface area contributed by atoms with Crippen molar-refractivity contribution in [2.24, 2.45) is 5.92 Å². The van der Waals surface area contributed by atoms with Gasteiger partial charge in [0.2, 0.25) is 0 Å². The zero-order chi connectivity index (χ0) is 17.8. The van der Waals surface area contributed by atoms with Crippen molar-refractivity contribution in [2.45, 2.75) is 56.9 Å². The van der Waals surface area contributed by atoms with Gasteiger partial charge in [0.15, 0.2) is 0 Å². The van der Waals surface area contributed by atoms with Gasteiger partial charge in [-0.15, -0.1) is 0 Å². The maximum Gasteiger partial charge on any atom is 0.119 e. The van der Waals surface area contributed by atoms with E-state index in [1.807, 2.05) is 6.07 Å². The molecule has 2 nitrogen and oxygen atoms in total. The smallest absolute Gasteiger partial charge is 0.119 e. The third-order valence-corrected chi connectivity index (χ3v) is 6.22. The molecule has 26 heavy (non-hydrogen) atoms. The predicted octanol–water partition coefficient (Wildman–Crippen LogP) is 5.78. The van der Waals surface area contributed by atoms with Gasteiger partial charge in [-0.3, -0.25) is 0 Å². The number of hydrogen-bond donors (Lipinski definition) is 1. The molecule has 138 valence electrons. The average molecular weight is 350 g/mol. The van der Waals surface area contributed by atoms with Gasteiger partial charge in [0, 0.05) is 12.0 Å². The first-order valence-corrected chi connectivity index (χ1v) is 10.3. The molecular weight excluding hydrogens is 318 g/mol. The lowest BCUT2D eigenvalue weighted by Gasteiger charge is -2.21. The predicted molar refractivity (Wildman–Crippen MR) is 109 cm³/mol. The molecule has 2 aliphatic rings. The molecule has 0 amide bonds. The summed E-state index contributed by atoms with van der Waals surface area (Å²) in [5, 5.41) is 3.80. The lowest BCUT2D eigenvalue weighted by molar-refractivity contribution is 0.333. The Bertz CT molecular complexity index is 702. The number of benzene rings is 2. The van der Waals surface area contributed by atoms with Gasteiger partial charge >= 0.3 is 0 Å². The maximum atomic E-state index is 5.34. The molecule has 2 aromatic rings. The quantitative estimate of drug-likeness (QED) is 0.684. The van der Waals surface area contributed by atoms with Gasteiger partial charge in [0.25, 0.3) is 0 Å². The molecule has 2 atom stereocenters. The summed E-state index contributed by atoms with van der Waals surface area (Å²) in [6.45, 7) is 1.20. The Morgan fingerprint density at radius 3 is 2.54 bits per heavy atom. The highest BCUT2D eigenvalue weighted by molar-refractivity contribution is 5.65. The number of methoxy groups -OCH3 is 1. The van der Waals surface area contributed by atoms with E-state index in [0.717, 1.165) is 11.7 Å².